The number of rotatable bonds is 7. The van der Waals surface area contributed by atoms with Crippen LogP contribution in [0.15, 0.2) is 59.6 Å². The number of nitrogens with zero attached hydrogens (tertiary/aromatic N) is 2. The molecule has 1 N–H and O–H groups in total. The Morgan fingerprint density at radius 3 is 2.65 bits per heavy atom. The zero-order valence-corrected chi connectivity index (χ0v) is 15.5. The summed E-state index contributed by atoms with van der Waals surface area (Å²) >= 11 is 1.72. The van der Waals surface area contributed by atoms with Crippen LogP contribution in [0.25, 0.3) is 5.69 Å². The molecule has 0 aliphatic carbocycles. The Balaban J connectivity index is 1.67. The Hall–Kier alpha value is -2.73. The minimum absolute atomic E-state index is 0.328. The zero-order chi connectivity index (χ0) is 18.5. The maximum absolute atomic E-state index is 10.6. The number of para-hydroxylation sites is 1. The van der Waals surface area contributed by atoms with Gasteiger partial charge in [0.2, 0.25) is 0 Å². The van der Waals surface area contributed by atoms with Crippen LogP contribution in [0.3, 0.4) is 0 Å². The van der Waals surface area contributed by atoms with Gasteiger partial charge in [-0.25, -0.2) is 9.48 Å². The first-order valence-electron chi connectivity index (χ1n) is 8.21. The van der Waals surface area contributed by atoms with Crippen molar-refractivity contribution < 1.29 is 14.6 Å². The number of aryl methyl sites for hydroxylation is 1. The number of aliphatic carboxylic acids is 1. The van der Waals surface area contributed by atoms with Crippen LogP contribution in [0.1, 0.15) is 16.8 Å². The molecule has 0 fully saturated rings. The maximum Gasteiger partial charge on any atom is 0.341 e. The fourth-order valence-corrected chi connectivity index (χ4v) is 3.62. The van der Waals surface area contributed by atoms with Crippen molar-refractivity contribution in [1.82, 2.24) is 9.78 Å². The van der Waals surface area contributed by atoms with E-state index in [0.29, 0.717) is 5.75 Å². The molecule has 2 aromatic carbocycles. The molecule has 3 rings (SSSR count). The largest absolute Gasteiger partial charge is 0.482 e. The lowest BCUT2D eigenvalue weighted by Crippen LogP contribution is -2.09. The van der Waals surface area contributed by atoms with Gasteiger partial charge >= 0.3 is 5.97 Å². The second-order valence-electron chi connectivity index (χ2n) is 5.90. The van der Waals surface area contributed by atoms with Crippen LogP contribution in [0.2, 0.25) is 0 Å². The van der Waals surface area contributed by atoms with Gasteiger partial charge < -0.3 is 9.84 Å². The van der Waals surface area contributed by atoms with Crippen molar-refractivity contribution in [1.29, 1.82) is 0 Å². The number of benzene rings is 2. The Morgan fingerprint density at radius 1 is 1.19 bits per heavy atom. The fourth-order valence-electron chi connectivity index (χ4n) is 2.59. The highest BCUT2D eigenvalue weighted by Crippen LogP contribution is 2.29. The first kappa shape index (κ1) is 18.1. The predicted molar refractivity (Wildman–Crippen MR) is 102 cm³/mol. The van der Waals surface area contributed by atoms with E-state index in [1.165, 1.54) is 5.56 Å². The molecular formula is C20H20N2O3S. The lowest BCUT2D eigenvalue weighted by atomic mass is 10.2. The molecule has 0 aliphatic heterocycles. The molecule has 1 heterocycles. The van der Waals surface area contributed by atoms with Crippen molar-refractivity contribution in [3.63, 3.8) is 0 Å². The first-order chi connectivity index (χ1) is 12.5. The van der Waals surface area contributed by atoms with Crippen molar-refractivity contribution >= 4 is 17.7 Å². The van der Waals surface area contributed by atoms with Gasteiger partial charge in [-0.2, -0.15) is 5.10 Å². The summed E-state index contributed by atoms with van der Waals surface area (Å²) in [6.07, 6.45) is 1.91. The Morgan fingerprint density at radius 2 is 1.96 bits per heavy atom. The van der Waals surface area contributed by atoms with E-state index in [1.54, 1.807) is 11.8 Å². The minimum Gasteiger partial charge on any atom is -0.482 e. The molecule has 0 aliphatic rings. The summed E-state index contributed by atoms with van der Waals surface area (Å²) in [6.45, 7) is 3.66. The van der Waals surface area contributed by atoms with E-state index in [2.05, 4.69) is 12.0 Å². The summed E-state index contributed by atoms with van der Waals surface area (Å²) in [7, 11) is 0. The molecule has 6 heteroatoms. The van der Waals surface area contributed by atoms with Crippen molar-refractivity contribution in [2.24, 2.45) is 0 Å². The molecule has 0 unspecified atom stereocenters. The van der Waals surface area contributed by atoms with Gasteiger partial charge in [-0.1, -0.05) is 18.2 Å². The molecule has 0 saturated carbocycles. The Labute approximate surface area is 156 Å². The third-order valence-electron chi connectivity index (χ3n) is 4.00. The van der Waals surface area contributed by atoms with Gasteiger partial charge in [-0.3, -0.25) is 0 Å². The number of thioether (sulfide) groups is 1. The molecule has 0 atom stereocenters. The molecule has 134 valence electrons. The lowest BCUT2D eigenvalue weighted by molar-refractivity contribution is -0.139. The average Bonchev–Trinajstić information content (AvgIpc) is 3.00. The smallest absolute Gasteiger partial charge is 0.341 e. The number of carbonyl (C=O) groups is 1. The van der Waals surface area contributed by atoms with E-state index in [0.717, 1.165) is 27.6 Å². The number of carboxylic acid groups (broad SMARTS) is 1. The van der Waals surface area contributed by atoms with E-state index >= 15 is 0 Å². The summed E-state index contributed by atoms with van der Waals surface area (Å²) < 4.78 is 7.21. The van der Waals surface area contributed by atoms with Gasteiger partial charge in [-0.05, 0) is 49.7 Å². The van der Waals surface area contributed by atoms with Crippen molar-refractivity contribution in [2.75, 3.05) is 6.61 Å². The van der Waals surface area contributed by atoms with Gasteiger partial charge in [0.15, 0.2) is 6.61 Å². The van der Waals surface area contributed by atoms with E-state index in [-0.39, 0.29) is 6.61 Å². The van der Waals surface area contributed by atoms with E-state index < -0.39 is 5.97 Å². The highest BCUT2D eigenvalue weighted by atomic mass is 32.2. The predicted octanol–water partition coefficient (Wildman–Crippen LogP) is 4.24. The highest BCUT2D eigenvalue weighted by Gasteiger charge is 2.09. The molecule has 0 radical (unpaired) electrons. The molecule has 0 bridgehead atoms. The maximum atomic E-state index is 10.6. The summed E-state index contributed by atoms with van der Waals surface area (Å²) in [6, 6.07) is 15.9. The van der Waals surface area contributed by atoms with Crippen LogP contribution in [0.5, 0.6) is 5.75 Å². The van der Waals surface area contributed by atoms with Gasteiger partial charge in [-0.15, -0.1) is 11.8 Å². The van der Waals surface area contributed by atoms with Gasteiger partial charge in [0.25, 0.3) is 0 Å². The molecular weight excluding hydrogens is 348 g/mol. The molecule has 0 saturated heterocycles. The fraction of sp³-hybridized carbons (Fsp3) is 0.200. The number of ether oxygens (including phenoxy) is 1. The number of aromatic nitrogens is 2. The van der Waals surface area contributed by atoms with Crippen LogP contribution in [0, 0.1) is 13.8 Å². The average molecular weight is 368 g/mol. The molecule has 26 heavy (non-hydrogen) atoms. The van der Waals surface area contributed by atoms with Crippen molar-refractivity contribution in [3.8, 4) is 11.4 Å². The third kappa shape index (κ3) is 4.26. The van der Waals surface area contributed by atoms with E-state index in [4.69, 9.17) is 9.84 Å². The van der Waals surface area contributed by atoms with Crippen LogP contribution in [-0.4, -0.2) is 27.5 Å². The standard InChI is InChI=1S/C20H20N2O3S/c1-14-10-18(8-9-19(14)25-12-20(23)24)26-13-16-11-21-22(15(16)2)17-6-4-3-5-7-17/h3-11H,12-13H2,1-2H3,(H,23,24). The number of hydrogen-bond acceptors (Lipinski definition) is 4. The van der Waals surface area contributed by atoms with Gasteiger partial charge in [0, 0.05) is 21.9 Å². The van der Waals surface area contributed by atoms with Crippen LogP contribution >= 0.6 is 11.8 Å². The van der Waals surface area contributed by atoms with E-state index in [9.17, 15) is 4.79 Å². The Bertz CT molecular complexity index is 907. The minimum atomic E-state index is -0.978. The number of hydrogen-bond donors (Lipinski definition) is 1. The zero-order valence-electron chi connectivity index (χ0n) is 14.7. The molecule has 5 nitrogen and oxygen atoms in total. The quantitative estimate of drug-likeness (QED) is 0.632. The normalized spacial score (nSPS) is 10.7. The van der Waals surface area contributed by atoms with E-state index in [1.807, 2.05) is 66.3 Å². The second kappa shape index (κ2) is 8.10. The summed E-state index contributed by atoms with van der Waals surface area (Å²) in [4.78, 5) is 11.7. The molecule has 0 spiro atoms. The van der Waals surface area contributed by atoms with Crippen LogP contribution in [0.4, 0.5) is 0 Å². The van der Waals surface area contributed by atoms with Crippen molar-refractivity contribution in [3.05, 3.63) is 71.5 Å². The molecule has 1 aromatic heterocycles. The first-order valence-corrected chi connectivity index (χ1v) is 9.20. The summed E-state index contributed by atoms with van der Waals surface area (Å²) in [5.74, 6) is 0.437. The van der Waals surface area contributed by atoms with Crippen LogP contribution in [-0.2, 0) is 10.5 Å². The van der Waals surface area contributed by atoms with Gasteiger partial charge in [0.05, 0.1) is 11.9 Å². The summed E-state index contributed by atoms with van der Waals surface area (Å²) in [5.41, 5.74) is 4.29. The molecule has 3 aromatic rings. The monoisotopic (exact) mass is 368 g/mol. The highest BCUT2D eigenvalue weighted by molar-refractivity contribution is 7.98. The van der Waals surface area contributed by atoms with Crippen molar-refractivity contribution in [2.45, 2.75) is 24.5 Å². The molecule has 0 amide bonds. The SMILES string of the molecule is Cc1cc(SCc2cnn(-c3ccccc3)c2C)ccc1OCC(=O)O. The topological polar surface area (TPSA) is 64.4 Å². The van der Waals surface area contributed by atoms with Gasteiger partial charge in [0.1, 0.15) is 5.75 Å². The third-order valence-corrected chi connectivity index (χ3v) is 5.05. The lowest BCUT2D eigenvalue weighted by Gasteiger charge is -2.09. The van der Waals surface area contributed by atoms with Crippen LogP contribution < -0.4 is 4.74 Å². The number of carboxylic acids is 1. The Kier molecular flexibility index (Phi) is 5.63. The summed E-state index contributed by atoms with van der Waals surface area (Å²) in [5, 5.41) is 13.2. The second-order valence-corrected chi connectivity index (χ2v) is 6.95.